The summed E-state index contributed by atoms with van der Waals surface area (Å²) in [5.74, 6) is 0. The van der Waals surface area contributed by atoms with Crippen LogP contribution in [0.4, 0.5) is 0 Å². The van der Waals surface area contributed by atoms with E-state index in [1.807, 2.05) is 14.0 Å². The zero-order valence-corrected chi connectivity index (χ0v) is 9.88. The van der Waals surface area contributed by atoms with Crippen molar-refractivity contribution in [2.75, 3.05) is 0 Å². The Labute approximate surface area is 94.9 Å². The van der Waals surface area contributed by atoms with Gasteiger partial charge < -0.3 is 5.73 Å². The second kappa shape index (κ2) is 3.99. The molecule has 2 rings (SSSR count). The SMILES string of the molecule is Cc1nn(C)c(Cl)c1/C=C1/CCC(N)C1. The monoisotopic (exact) mass is 225 g/mol. The third-order valence-electron chi connectivity index (χ3n) is 2.91. The Morgan fingerprint density at radius 1 is 1.60 bits per heavy atom. The second-order valence-electron chi connectivity index (χ2n) is 4.22. The van der Waals surface area contributed by atoms with Gasteiger partial charge in [0.1, 0.15) is 5.15 Å². The third-order valence-corrected chi connectivity index (χ3v) is 3.35. The molecule has 1 heterocycles. The zero-order valence-electron chi connectivity index (χ0n) is 9.13. The number of nitrogens with zero attached hydrogens (tertiary/aromatic N) is 2. The first kappa shape index (κ1) is 10.7. The molecule has 0 aromatic carbocycles. The molecule has 0 saturated heterocycles. The summed E-state index contributed by atoms with van der Waals surface area (Å²) < 4.78 is 1.71. The van der Waals surface area contributed by atoms with E-state index in [1.165, 1.54) is 5.57 Å². The molecule has 82 valence electrons. The van der Waals surface area contributed by atoms with E-state index in [9.17, 15) is 0 Å². The van der Waals surface area contributed by atoms with Crippen molar-refractivity contribution in [2.45, 2.75) is 32.2 Å². The van der Waals surface area contributed by atoms with Gasteiger partial charge in [-0.15, -0.1) is 0 Å². The molecule has 0 aliphatic heterocycles. The lowest BCUT2D eigenvalue weighted by Crippen LogP contribution is -2.13. The average Bonchev–Trinajstić information content (AvgIpc) is 2.67. The molecule has 1 atom stereocenters. The Hall–Kier alpha value is -0.800. The average molecular weight is 226 g/mol. The summed E-state index contributed by atoms with van der Waals surface area (Å²) in [4.78, 5) is 0. The van der Waals surface area contributed by atoms with Crippen LogP contribution in [-0.4, -0.2) is 15.8 Å². The molecule has 2 N–H and O–H groups in total. The van der Waals surface area contributed by atoms with E-state index < -0.39 is 0 Å². The molecule has 1 fully saturated rings. The van der Waals surface area contributed by atoms with Crippen molar-refractivity contribution >= 4 is 17.7 Å². The van der Waals surface area contributed by atoms with E-state index in [0.29, 0.717) is 11.2 Å². The molecule has 1 saturated carbocycles. The standard InChI is InChI=1S/C11H16ClN3/c1-7-10(11(12)15(2)14-7)6-8-3-4-9(13)5-8/h6,9H,3-5,13H2,1-2H3/b8-6-. The molecule has 1 aromatic heterocycles. The molecular weight excluding hydrogens is 210 g/mol. The summed E-state index contributed by atoms with van der Waals surface area (Å²) in [6.45, 7) is 1.98. The summed E-state index contributed by atoms with van der Waals surface area (Å²) in [6, 6.07) is 0.326. The van der Waals surface area contributed by atoms with E-state index >= 15 is 0 Å². The van der Waals surface area contributed by atoms with Crippen molar-refractivity contribution < 1.29 is 0 Å². The van der Waals surface area contributed by atoms with Crippen LogP contribution in [0, 0.1) is 6.92 Å². The highest BCUT2D eigenvalue weighted by molar-refractivity contribution is 6.31. The lowest BCUT2D eigenvalue weighted by molar-refractivity contribution is 0.711. The third kappa shape index (κ3) is 2.08. The minimum absolute atomic E-state index is 0.326. The maximum atomic E-state index is 6.15. The predicted molar refractivity (Wildman–Crippen MR) is 62.8 cm³/mol. The molecule has 0 amide bonds. The first-order valence-electron chi connectivity index (χ1n) is 5.22. The summed E-state index contributed by atoms with van der Waals surface area (Å²) in [5.41, 5.74) is 9.28. The van der Waals surface area contributed by atoms with Crippen LogP contribution in [0.25, 0.3) is 6.08 Å². The van der Waals surface area contributed by atoms with Gasteiger partial charge in [0, 0.05) is 18.7 Å². The van der Waals surface area contributed by atoms with Crippen LogP contribution in [-0.2, 0) is 7.05 Å². The van der Waals surface area contributed by atoms with E-state index in [-0.39, 0.29) is 0 Å². The summed E-state index contributed by atoms with van der Waals surface area (Å²) in [6.07, 6.45) is 5.32. The smallest absolute Gasteiger partial charge is 0.134 e. The maximum Gasteiger partial charge on any atom is 0.134 e. The van der Waals surface area contributed by atoms with Gasteiger partial charge in [-0.1, -0.05) is 23.3 Å². The highest BCUT2D eigenvalue weighted by atomic mass is 35.5. The van der Waals surface area contributed by atoms with Gasteiger partial charge in [0.15, 0.2) is 0 Å². The number of hydrogen-bond acceptors (Lipinski definition) is 2. The molecule has 1 aliphatic carbocycles. The van der Waals surface area contributed by atoms with Gasteiger partial charge in [-0.05, 0) is 26.2 Å². The number of hydrogen-bond donors (Lipinski definition) is 1. The Bertz CT molecular complexity index is 406. The first-order valence-corrected chi connectivity index (χ1v) is 5.60. The molecule has 0 bridgehead atoms. The molecule has 3 nitrogen and oxygen atoms in total. The van der Waals surface area contributed by atoms with Gasteiger partial charge >= 0.3 is 0 Å². The fraction of sp³-hybridized carbons (Fsp3) is 0.545. The Morgan fingerprint density at radius 3 is 2.80 bits per heavy atom. The van der Waals surface area contributed by atoms with Crippen LogP contribution in [0.15, 0.2) is 5.57 Å². The van der Waals surface area contributed by atoms with Crippen LogP contribution in [0.5, 0.6) is 0 Å². The van der Waals surface area contributed by atoms with Crippen molar-refractivity contribution in [2.24, 2.45) is 12.8 Å². The minimum atomic E-state index is 0.326. The van der Waals surface area contributed by atoms with Crippen molar-refractivity contribution in [3.05, 3.63) is 22.0 Å². The Kier molecular flexibility index (Phi) is 2.85. The molecule has 1 aromatic rings. The van der Waals surface area contributed by atoms with Gasteiger partial charge in [0.05, 0.1) is 5.69 Å². The Morgan fingerprint density at radius 2 is 2.33 bits per heavy atom. The van der Waals surface area contributed by atoms with Crippen LogP contribution in [0.1, 0.15) is 30.5 Å². The highest BCUT2D eigenvalue weighted by Crippen LogP contribution is 2.28. The summed E-state index contributed by atoms with van der Waals surface area (Å²) in [7, 11) is 1.86. The van der Waals surface area contributed by atoms with Gasteiger partial charge in [-0.25, -0.2) is 0 Å². The largest absolute Gasteiger partial charge is 0.327 e. The maximum absolute atomic E-state index is 6.15. The molecule has 0 radical (unpaired) electrons. The molecule has 1 aliphatic rings. The topological polar surface area (TPSA) is 43.8 Å². The summed E-state index contributed by atoms with van der Waals surface area (Å²) in [5, 5.41) is 4.99. The Balaban J connectivity index is 2.31. The molecule has 1 unspecified atom stereocenters. The van der Waals surface area contributed by atoms with Gasteiger partial charge in [-0.3, -0.25) is 4.68 Å². The number of aryl methyl sites for hydroxylation is 2. The molecule has 0 spiro atoms. The number of aromatic nitrogens is 2. The van der Waals surface area contributed by atoms with Crippen LogP contribution < -0.4 is 5.73 Å². The second-order valence-corrected chi connectivity index (χ2v) is 4.58. The van der Waals surface area contributed by atoms with E-state index in [2.05, 4.69) is 11.2 Å². The normalized spacial score (nSPS) is 24.0. The lowest BCUT2D eigenvalue weighted by atomic mass is 10.1. The van der Waals surface area contributed by atoms with E-state index in [0.717, 1.165) is 30.5 Å². The number of halogens is 1. The lowest BCUT2D eigenvalue weighted by Gasteiger charge is -1.98. The highest BCUT2D eigenvalue weighted by Gasteiger charge is 2.17. The van der Waals surface area contributed by atoms with Crippen LogP contribution in [0.2, 0.25) is 5.15 Å². The predicted octanol–water partition coefficient (Wildman–Crippen LogP) is 2.28. The minimum Gasteiger partial charge on any atom is -0.327 e. The van der Waals surface area contributed by atoms with Crippen molar-refractivity contribution in [1.29, 1.82) is 0 Å². The fourth-order valence-corrected chi connectivity index (χ4v) is 2.29. The van der Waals surface area contributed by atoms with Crippen molar-refractivity contribution in [3.63, 3.8) is 0 Å². The quantitative estimate of drug-likeness (QED) is 0.797. The van der Waals surface area contributed by atoms with Gasteiger partial charge in [-0.2, -0.15) is 5.10 Å². The molecule has 15 heavy (non-hydrogen) atoms. The number of nitrogens with two attached hydrogens (primary N) is 1. The fourth-order valence-electron chi connectivity index (χ4n) is 2.06. The van der Waals surface area contributed by atoms with Crippen molar-refractivity contribution in [1.82, 2.24) is 9.78 Å². The zero-order chi connectivity index (χ0) is 11.0. The van der Waals surface area contributed by atoms with Crippen LogP contribution >= 0.6 is 11.6 Å². The van der Waals surface area contributed by atoms with Crippen molar-refractivity contribution in [3.8, 4) is 0 Å². The van der Waals surface area contributed by atoms with Gasteiger partial charge in [0.25, 0.3) is 0 Å². The number of rotatable bonds is 1. The van der Waals surface area contributed by atoms with Crippen LogP contribution in [0.3, 0.4) is 0 Å². The van der Waals surface area contributed by atoms with E-state index in [4.69, 9.17) is 17.3 Å². The molecular formula is C11H16ClN3. The summed E-state index contributed by atoms with van der Waals surface area (Å²) >= 11 is 6.15. The van der Waals surface area contributed by atoms with E-state index in [1.54, 1.807) is 4.68 Å². The van der Waals surface area contributed by atoms with Gasteiger partial charge in [0.2, 0.25) is 0 Å². The molecule has 4 heteroatoms. The first-order chi connectivity index (χ1) is 7.08.